The molecule has 0 atom stereocenters. The van der Waals surface area contributed by atoms with Crippen molar-refractivity contribution < 1.29 is 0 Å². The summed E-state index contributed by atoms with van der Waals surface area (Å²) in [5, 5.41) is 3.47. The van der Waals surface area contributed by atoms with E-state index < -0.39 is 0 Å². The van der Waals surface area contributed by atoms with Gasteiger partial charge >= 0.3 is 0 Å². The van der Waals surface area contributed by atoms with Gasteiger partial charge in [-0.3, -0.25) is 0 Å². The largest absolute Gasteiger partial charge is 0.380 e. The Bertz CT molecular complexity index is 477. The molecule has 0 saturated carbocycles. The van der Waals surface area contributed by atoms with Crippen molar-refractivity contribution >= 4 is 5.69 Å². The lowest BCUT2D eigenvalue weighted by atomic mass is 10.0. The molecule has 0 unspecified atom stereocenters. The minimum atomic E-state index is 0.112. The highest BCUT2D eigenvalue weighted by Crippen LogP contribution is 2.17. The van der Waals surface area contributed by atoms with Crippen LogP contribution in [0.1, 0.15) is 31.9 Å². The third-order valence-electron chi connectivity index (χ3n) is 2.72. The Morgan fingerprint density at radius 2 is 1.33 bits per heavy atom. The number of rotatable bonds is 3. The molecule has 1 heteroatoms. The first-order valence-corrected chi connectivity index (χ1v) is 6.44. The summed E-state index contributed by atoms with van der Waals surface area (Å²) in [6.45, 7) is 6.51. The van der Waals surface area contributed by atoms with Crippen LogP contribution < -0.4 is 5.32 Å². The average molecular weight is 239 g/mol. The normalized spacial score (nSPS) is 11.3. The molecule has 1 N–H and O–H groups in total. The Hall–Kier alpha value is -1.76. The van der Waals surface area contributed by atoms with Gasteiger partial charge in [-0.25, -0.2) is 0 Å². The maximum Gasteiger partial charge on any atom is 0.0344 e. The predicted octanol–water partition coefficient (Wildman–Crippen LogP) is 4.49. The summed E-state index contributed by atoms with van der Waals surface area (Å²) in [5.74, 6) is 0. The first-order valence-electron chi connectivity index (χ1n) is 6.44. The van der Waals surface area contributed by atoms with Crippen LogP contribution in [0.15, 0.2) is 54.6 Å². The minimum Gasteiger partial charge on any atom is -0.380 e. The predicted molar refractivity (Wildman–Crippen MR) is 79.1 cm³/mol. The molecule has 2 aromatic rings. The molecule has 2 aromatic carbocycles. The zero-order valence-corrected chi connectivity index (χ0v) is 11.4. The van der Waals surface area contributed by atoms with Crippen LogP contribution in [0.2, 0.25) is 0 Å². The van der Waals surface area contributed by atoms with Crippen LogP contribution in [0.3, 0.4) is 0 Å². The fraction of sp³-hybridized carbons (Fsp3) is 0.294. The molecular weight excluding hydrogens is 218 g/mol. The van der Waals surface area contributed by atoms with Gasteiger partial charge in [0, 0.05) is 11.2 Å². The highest BCUT2D eigenvalue weighted by molar-refractivity contribution is 5.47. The quantitative estimate of drug-likeness (QED) is 0.832. The van der Waals surface area contributed by atoms with Gasteiger partial charge < -0.3 is 5.32 Å². The number of benzene rings is 2. The maximum absolute atomic E-state index is 3.47. The summed E-state index contributed by atoms with van der Waals surface area (Å²) in [7, 11) is 0. The van der Waals surface area contributed by atoms with E-state index in [-0.39, 0.29) is 5.54 Å². The summed E-state index contributed by atoms with van der Waals surface area (Å²) in [5.41, 5.74) is 4.00. The molecule has 2 rings (SSSR count). The number of nitrogens with one attached hydrogen (secondary N) is 1. The molecule has 0 amide bonds. The Morgan fingerprint density at radius 1 is 0.778 bits per heavy atom. The molecular formula is C17H21N. The molecule has 0 radical (unpaired) electrons. The molecule has 0 fully saturated rings. The molecule has 94 valence electrons. The van der Waals surface area contributed by atoms with Gasteiger partial charge in [0.15, 0.2) is 0 Å². The third kappa shape index (κ3) is 3.92. The van der Waals surface area contributed by atoms with E-state index in [1.54, 1.807) is 0 Å². The smallest absolute Gasteiger partial charge is 0.0344 e. The number of anilines is 1. The van der Waals surface area contributed by atoms with Gasteiger partial charge in [-0.1, -0.05) is 42.5 Å². The summed E-state index contributed by atoms with van der Waals surface area (Å²) >= 11 is 0. The number of hydrogen-bond acceptors (Lipinski definition) is 1. The van der Waals surface area contributed by atoms with Crippen molar-refractivity contribution in [3.8, 4) is 0 Å². The fourth-order valence-corrected chi connectivity index (χ4v) is 1.97. The van der Waals surface area contributed by atoms with E-state index in [0.717, 1.165) is 6.42 Å². The Kier molecular flexibility index (Phi) is 3.71. The minimum absolute atomic E-state index is 0.112. The SMILES string of the molecule is CC(C)(C)Nc1ccc(Cc2ccccc2)cc1. The van der Waals surface area contributed by atoms with E-state index in [1.165, 1.54) is 16.8 Å². The van der Waals surface area contributed by atoms with Crippen molar-refractivity contribution in [2.45, 2.75) is 32.7 Å². The van der Waals surface area contributed by atoms with Gasteiger partial charge in [0.25, 0.3) is 0 Å². The lowest BCUT2D eigenvalue weighted by Gasteiger charge is -2.22. The second-order valence-corrected chi connectivity index (χ2v) is 5.73. The van der Waals surface area contributed by atoms with Crippen LogP contribution in [0.4, 0.5) is 5.69 Å². The molecule has 0 aliphatic carbocycles. The van der Waals surface area contributed by atoms with Crippen LogP contribution in [-0.4, -0.2) is 5.54 Å². The van der Waals surface area contributed by atoms with Gasteiger partial charge in [0.1, 0.15) is 0 Å². The zero-order valence-electron chi connectivity index (χ0n) is 11.4. The molecule has 0 heterocycles. The van der Waals surface area contributed by atoms with Crippen LogP contribution in [0, 0.1) is 0 Å². The van der Waals surface area contributed by atoms with Crippen LogP contribution in [-0.2, 0) is 6.42 Å². The second-order valence-electron chi connectivity index (χ2n) is 5.73. The van der Waals surface area contributed by atoms with Crippen molar-refractivity contribution in [1.29, 1.82) is 0 Å². The Labute approximate surface area is 110 Å². The zero-order chi connectivity index (χ0) is 13.0. The average Bonchev–Trinajstić information content (AvgIpc) is 2.31. The van der Waals surface area contributed by atoms with Crippen LogP contribution in [0.25, 0.3) is 0 Å². The summed E-state index contributed by atoms with van der Waals surface area (Å²) in [4.78, 5) is 0. The van der Waals surface area contributed by atoms with Crippen LogP contribution in [0.5, 0.6) is 0 Å². The Balaban J connectivity index is 2.04. The van der Waals surface area contributed by atoms with E-state index >= 15 is 0 Å². The molecule has 0 spiro atoms. The summed E-state index contributed by atoms with van der Waals surface area (Å²) < 4.78 is 0. The van der Waals surface area contributed by atoms with E-state index in [1.807, 2.05) is 0 Å². The highest BCUT2D eigenvalue weighted by Gasteiger charge is 2.08. The van der Waals surface area contributed by atoms with Gasteiger partial charge in [-0.2, -0.15) is 0 Å². The van der Waals surface area contributed by atoms with E-state index in [4.69, 9.17) is 0 Å². The highest BCUT2D eigenvalue weighted by atomic mass is 14.9. The van der Waals surface area contributed by atoms with Crippen molar-refractivity contribution in [2.75, 3.05) is 5.32 Å². The first-order chi connectivity index (χ1) is 8.53. The van der Waals surface area contributed by atoms with Crippen LogP contribution >= 0.6 is 0 Å². The van der Waals surface area contributed by atoms with Crippen molar-refractivity contribution in [3.05, 3.63) is 65.7 Å². The summed E-state index contributed by atoms with van der Waals surface area (Å²) in [6.07, 6.45) is 0.997. The monoisotopic (exact) mass is 239 g/mol. The van der Waals surface area contributed by atoms with E-state index in [2.05, 4.69) is 80.7 Å². The standard InChI is InChI=1S/C17H21N/c1-17(2,3)18-16-11-9-15(10-12-16)13-14-7-5-4-6-8-14/h4-12,18H,13H2,1-3H3. The second kappa shape index (κ2) is 5.26. The fourth-order valence-electron chi connectivity index (χ4n) is 1.97. The van der Waals surface area contributed by atoms with E-state index in [9.17, 15) is 0 Å². The van der Waals surface area contributed by atoms with Gasteiger partial charge in [-0.15, -0.1) is 0 Å². The van der Waals surface area contributed by atoms with Crippen molar-refractivity contribution in [2.24, 2.45) is 0 Å². The third-order valence-corrected chi connectivity index (χ3v) is 2.72. The molecule has 0 aliphatic heterocycles. The molecule has 0 saturated heterocycles. The molecule has 0 aliphatic rings. The molecule has 0 bridgehead atoms. The summed E-state index contributed by atoms with van der Waals surface area (Å²) in [6, 6.07) is 19.3. The van der Waals surface area contributed by atoms with Gasteiger partial charge in [-0.05, 0) is 50.5 Å². The topological polar surface area (TPSA) is 12.0 Å². The van der Waals surface area contributed by atoms with E-state index in [0.29, 0.717) is 0 Å². The van der Waals surface area contributed by atoms with Crippen molar-refractivity contribution in [3.63, 3.8) is 0 Å². The lowest BCUT2D eigenvalue weighted by Crippen LogP contribution is -2.25. The lowest BCUT2D eigenvalue weighted by molar-refractivity contribution is 0.634. The molecule has 0 aromatic heterocycles. The molecule has 1 nitrogen and oxygen atoms in total. The Morgan fingerprint density at radius 3 is 1.89 bits per heavy atom. The van der Waals surface area contributed by atoms with Crippen molar-refractivity contribution in [1.82, 2.24) is 0 Å². The van der Waals surface area contributed by atoms with Gasteiger partial charge in [0.05, 0.1) is 0 Å². The maximum atomic E-state index is 3.47. The number of hydrogen-bond donors (Lipinski definition) is 1. The first kappa shape index (κ1) is 12.7. The molecule has 18 heavy (non-hydrogen) atoms. The van der Waals surface area contributed by atoms with Gasteiger partial charge in [0.2, 0.25) is 0 Å².